The minimum atomic E-state index is -4.76. The molecule has 0 fully saturated rings. The lowest BCUT2D eigenvalue weighted by Gasteiger charge is -2.34. The van der Waals surface area contributed by atoms with Gasteiger partial charge >= 0.3 is 12.4 Å². The first-order chi connectivity index (χ1) is 13.4. The second-order valence-corrected chi connectivity index (χ2v) is 6.60. The summed E-state index contributed by atoms with van der Waals surface area (Å²) in [6, 6.07) is 2.95. The molecule has 2 rings (SSSR count). The molecule has 29 heavy (non-hydrogen) atoms. The minimum absolute atomic E-state index is 0.116. The van der Waals surface area contributed by atoms with Gasteiger partial charge in [0.25, 0.3) is 0 Å². The van der Waals surface area contributed by atoms with Gasteiger partial charge < -0.3 is 4.90 Å². The highest BCUT2D eigenvalue weighted by molar-refractivity contribution is 6.02. The molecule has 1 aliphatic rings. The number of hydrogen-bond donors (Lipinski definition) is 1. The molecule has 0 bridgehead atoms. The van der Waals surface area contributed by atoms with Gasteiger partial charge in [-0.25, -0.2) is 9.84 Å². The van der Waals surface area contributed by atoms with E-state index in [9.17, 15) is 26.3 Å². The molecule has 1 aromatic carbocycles. The zero-order valence-electron chi connectivity index (χ0n) is 15.9. The van der Waals surface area contributed by atoms with Gasteiger partial charge in [-0.3, -0.25) is 5.43 Å². The van der Waals surface area contributed by atoms with Crippen molar-refractivity contribution in [1.29, 1.82) is 0 Å². The Morgan fingerprint density at radius 1 is 1.21 bits per heavy atom. The highest BCUT2D eigenvalue weighted by atomic mass is 19.4. The Kier molecular flexibility index (Phi) is 6.15. The van der Waals surface area contributed by atoms with Crippen LogP contribution >= 0.6 is 0 Å². The standard InChI is InChI=1S/C18H19F6N5/c1-5-29(6-2)15(16(3)10-14(27-28-16)18(22,23)24)26-11-7-8-13(25-4)12(9-11)17(19,20)21/h7-9,28H,5-6,10H2,1-3H3/b26-15-. The van der Waals surface area contributed by atoms with Crippen LogP contribution in [0.5, 0.6) is 0 Å². The van der Waals surface area contributed by atoms with Crippen molar-refractivity contribution in [2.24, 2.45) is 10.1 Å². The lowest BCUT2D eigenvalue weighted by atomic mass is 9.94. The Hall–Kier alpha value is -2.77. The van der Waals surface area contributed by atoms with Gasteiger partial charge in [-0.2, -0.15) is 31.4 Å². The molecule has 1 atom stereocenters. The van der Waals surface area contributed by atoms with E-state index in [2.05, 4.69) is 20.4 Å². The quantitative estimate of drug-likeness (QED) is 0.312. The zero-order chi connectivity index (χ0) is 22.0. The van der Waals surface area contributed by atoms with Crippen LogP contribution in [0.1, 0.15) is 32.8 Å². The van der Waals surface area contributed by atoms with E-state index < -0.39 is 41.3 Å². The van der Waals surface area contributed by atoms with Crippen molar-refractivity contribution in [3.8, 4) is 0 Å². The first-order valence-electron chi connectivity index (χ1n) is 8.69. The van der Waals surface area contributed by atoms with Gasteiger partial charge in [-0.1, -0.05) is 6.07 Å². The van der Waals surface area contributed by atoms with E-state index in [1.54, 1.807) is 18.7 Å². The minimum Gasteiger partial charge on any atom is -0.359 e. The summed E-state index contributed by atoms with van der Waals surface area (Å²) in [4.78, 5) is 8.78. The maximum Gasteiger partial charge on any atom is 0.431 e. The number of aliphatic imine (C=N–C) groups is 1. The number of halogens is 6. The van der Waals surface area contributed by atoms with Gasteiger partial charge in [0, 0.05) is 19.5 Å². The van der Waals surface area contributed by atoms with Crippen LogP contribution in [0.15, 0.2) is 28.3 Å². The fourth-order valence-corrected chi connectivity index (χ4v) is 3.00. The first-order valence-corrected chi connectivity index (χ1v) is 8.69. The van der Waals surface area contributed by atoms with Crippen molar-refractivity contribution in [3.05, 3.63) is 35.2 Å². The third-order valence-corrected chi connectivity index (χ3v) is 4.48. The summed E-state index contributed by atoms with van der Waals surface area (Å²) in [7, 11) is 0. The van der Waals surface area contributed by atoms with E-state index in [1.165, 1.54) is 13.0 Å². The number of nitrogens with zero attached hydrogens (tertiary/aromatic N) is 4. The van der Waals surface area contributed by atoms with Gasteiger partial charge in [0.2, 0.25) is 0 Å². The van der Waals surface area contributed by atoms with Gasteiger partial charge in [0.15, 0.2) is 5.69 Å². The maximum absolute atomic E-state index is 13.2. The van der Waals surface area contributed by atoms with E-state index in [0.29, 0.717) is 13.1 Å². The summed E-state index contributed by atoms with van der Waals surface area (Å²) in [5, 5.41) is 3.37. The Morgan fingerprint density at radius 2 is 1.83 bits per heavy atom. The first kappa shape index (κ1) is 22.5. The SMILES string of the molecule is [C-]#[N+]c1ccc(/N=C(\N(CC)CC)C2(C)CC(C(F)(F)F)=NN2)cc1C(F)(F)F. The molecule has 11 heteroatoms. The molecule has 1 unspecified atom stereocenters. The van der Waals surface area contributed by atoms with Crippen LogP contribution in [0.4, 0.5) is 37.7 Å². The number of benzene rings is 1. The van der Waals surface area contributed by atoms with Gasteiger partial charge in [0.1, 0.15) is 17.1 Å². The third kappa shape index (κ3) is 4.81. The molecular formula is C18H19F6N5. The van der Waals surface area contributed by atoms with Crippen molar-refractivity contribution >= 4 is 22.9 Å². The van der Waals surface area contributed by atoms with Crippen molar-refractivity contribution in [1.82, 2.24) is 10.3 Å². The number of likely N-dealkylation sites (N-methyl/N-ethyl adjacent to an activating group) is 1. The van der Waals surface area contributed by atoms with E-state index in [1.807, 2.05) is 0 Å². The lowest BCUT2D eigenvalue weighted by molar-refractivity contribution is -0.136. The predicted molar refractivity (Wildman–Crippen MR) is 97.4 cm³/mol. The Labute approximate surface area is 163 Å². The van der Waals surface area contributed by atoms with E-state index in [-0.39, 0.29) is 11.5 Å². The second kappa shape index (κ2) is 7.93. The van der Waals surface area contributed by atoms with Crippen LogP contribution in [-0.4, -0.2) is 41.3 Å². The monoisotopic (exact) mass is 419 g/mol. The molecule has 1 N–H and O–H groups in total. The van der Waals surface area contributed by atoms with Crippen LogP contribution in [0.3, 0.4) is 0 Å². The molecule has 5 nitrogen and oxygen atoms in total. The van der Waals surface area contributed by atoms with Gasteiger partial charge in [0.05, 0.1) is 17.8 Å². The molecule has 0 spiro atoms. The van der Waals surface area contributed by atoms with Crippen LogP contribution in [0.25, 0.3) is 4.85 Å². The van der Waals surface area contributed by atoms with Crippen molar-refractivity contribution in [3.63, 3.8) is 0 Å². The maximum atomic E-state index is 13.2. The fourth-order valence-electron chi connectivity index (χ4n) is 3.00. The number of nitrogens with one attached hydrogen (secondary N) is 1. The highest BCUT2D eigenvalue weighted by Crippen LogP contribution is 2.39. The highest BCUT2D eigenvalue weighted by Gasteiger charge is 2.48. The van der Waals surface area contributed by atoms with Crippen LogP contribution < -0.4 is 5.43 Å². The number of amidine groups is 1. The topological polar surface area (TPSA) is 44.4 Å². The molecule has 0 aromatic heterocycles. The molecule has 0 saturated carbocycles. The zero-order valence-corrected chi connectivity index (χ0v) is 15.9. The van der Waals surface area contributed by atoms with Crippen LogP contribution in [0.2, 0.25) is 0 Å². The average Bonchev–Trinajstić information content (AvgIpc) is 3.04. The van der Waals surface area contributed by atoms with E-state index in [0.717, 1.165) is 12.1 Å². The van der Waals surface area contributed by atoms with E-state index in [4.69, 9.17) is 6.57 Å². The lowest BCUT2D eigenvalue weighted by Crippen LogP contribution is -2.53. The van der Waals surface area contributed by atoms with Crippen molar-refractivity contribution < 1.29 is 26.3 Å². The molecule has 1 heterocycles. The van der Waals surface area contributed by atoms with Crippen molar-refractivity contribution in [2.45, 2.75) is 45.1 Å². The summed E-state index contributed by atoms with van der Waals surface area (Å²) < 4.78 is 78.9. The summed E-state index contributed by atoms with van der Waals surface area (Å²) in [5.41, 5.74) is -1.76. The number of hydrazone groups is 1. The summed E-state index contributed by atoms with van der Waals surface area (Å²) in [5.74, 6) is 0.134. The summed E-state index contributed by atoms with van der Waals surface area (Å²) in [6.07, 6.45) is -9.90. The molecule has 1 aliphatic heterocycles. The Balaban J connectivity index is 2.55. The largest absolute Gasteiger partial charge is 0.431 e. The predicted octanol–water partition coefficient (Wildman–Crippen LogP) is 5.30. The normalized spacial score (nSPS) is 20.1. The number of hydrogen-bond acceptors (Lipinski definition) is 3. The second-order valence-electron chi connectivity index (χ2n) is 6.60. The van der Waals surface area contributed by atoms with E-state index >= 15 is 0 Å². The fraction of sp³-hybridized carbons (Fsp3) is 0.500. The molecule has 0 aliphatic carbocycles. The Morgan fingerprint density at radius 3 is 2.28 bits per heavy atom. The smallest absolute Gasteiger partial charge is 0.359 e. The Bertz CT molecular complexity index is 861. The molecule has 158 valence electrons. The molecule has 0 amide bonds. The number of alkyl halides is 6. The number of rotatable bonds is 4. The van der Waals surface area contributed by atoms with Crippen LogP contribution in [-0.2, 0) is 6.18 Å². The summed E-state index contributed by atoms with van der Waals surface area (Å²) in [6.45, 7) is 12.6. The third-order valence-electron chi connectivity index (χ3n) is 4.48. The molecule has 1 aromatic rings. The van der Waals surface area contributed by atoms with Gasteiger partial charge in [-0.15, -0.1) is 0 Å². The van der Waals surface area contributed by atoms with Crippen LogP contribution in [0, 0.1) is 6.57 Å². The molecular weight excluding hydrogens is 400 g/mol. The average molecular weight is 419 g/mol. The van der Waals surface area contributed by atoms with Crippen molar-refractivity contribution in [2.75, 3.05) is 13.1 Å². The summed E-state index contributed by atoms with van der Waals surface area (Å²) >= 11 is 0. The molecule has 0 saturated heterocycles. The van der Waals surface area contributed by atoms with Gasteiger partial charge in [-0.05, 0) is 32.9 Å². The molecule has 0 radical (unpaired) electrons.